The molecule has 0 aliphatic heterocycles. The van der Waals surface area contributed by atoms with Crippen LogP contribution in [-0.4, -0.2) is 22.6 Å². The van der Waals surface area contributed by atoms with E-state index in [1.54, 1.807) is 30.3 Å². The Balaban J connectivity index is 0.000000326. The van der Waals surface area contributed by atoms with Gasteiger partial charge in [-0.2, -0.15) is 0 Å². The number of carboxylic acid groups (broad SMARTS) is 1. The molecule has 0 amide bonds. The molecule has 4 aromatic carbocycles. The molecule has 0 bridgehead atoms. The summed E-state index contributed by atoms with van der Waals surface area (Å²) in [5, 5.41) is 12.1. The molecule has 186 valence electrons. The molecular formula is C28H33ClN2O4. The normalized spacial score (nSPS) is 10.2. The van der Waals surface area contributed by atoms with Gasteiger partial charge in [-0.25, -0.2) is 9.59 Å². The van der Waals surface area contributed by atoms with Crippen molar-refractivity contribution >= 4 is 57.3 Å². The summed E-state index contributed by atoms with van der Waals surface area (Å²) in [5.41, 5.74) is 13.2. The van der Waals surface area contributed by atoms with Gasteiger partial charge in [0, 0.05) is 22.1 Å². The average Bonchev–Trinajstić information content (AvgIpc) is 2.80. The summed E-state index contributed by atoms with van der Waals surface area (Å²) in [7, 11) is 0. The van der Waals surface area contributed by atoms with Gasteiger partial charge in [0.1, 0.15) is 5.60 Å². The van der Waals surface area contributed by atoms with Crippen molar-refractivity contribution in [3.05, 3.63) is 83.9 Å². The summed E-state index contributed by atoms with van der Waals surface area (Å²) >= 11 is 0. The van der Waals surface area contributed by atoms with Gasteiger partial charge in [0.15, 0.2) is 0 Å². The number of carbonyl (C=O) groups excluding carboxylic acids is 1. The molecule has 0 saturated carbocycles. The number of esters is 1. The third-order valence-electron chi connectivity index (χ3n) is 4.76. The molecule has 0 heterocycles. The zero-order chi connectivity index (χ0) is 25.5. The molecular weight excluding hydrogens is 464 g/mol. The molecule has 35 heavy (non-hydrogen) atoms. The zero-order valence-corrected chi connectivity index (χ0v) is 21.5. The number of ether oxygens (including phenoxy) is 1. The number of carboxylic acids is 1. The topological polar surface area (TPSA) is 116 Å². The van der Waals surface area contributed by atoms with E-state index in [1.807, 2.05) is 71.0 Å². The Morgan fingerprint density at radius 2 is 1.06 bits per heavy atom. The summed E-state index contributed by atoms with van der Waals surface area (Å²) in [5.74, 6) is -1.25. The standard InChI is InChI=1S/C15H17NO2.C11H9NO2.C2H6.ClH/c1-15(2,3)18-14(17)12-8-9-13(16)11-7-5-4-6-10(11)12;12-10-6-5-9(11(13)14)7-3-1-2-4-8(7)10;1-2;/h4-9H,16H2,1-3H3;1-6H,12H2,(H,13,14);1-2H3;1H. The minimum absolute atomic E-state index is 0. The molecule has 5 N–H and O–H groups in total. The van der Waals surface area contributed by atoms with Gasteiger partial charge in [-0.1, -0.05) is 62.4 Å². The van der Waals surface area contributed by atoms with Crippen LogP contribution in [0.1, 0.15) is 55.3 Å². The maximum atomic E-state index is 12.1. The summed E-state index contributed by atoms with van der Waals surface area (Å²) in [6, 6.07) is 21.4. The molecule has 4 aromatic rings. The van der Waals surface area contributed by atoms with Crippen LogP contribution in [0.4, 0.5) is 11.4 Å². The van der Waals surface area contributed by atoms with Gasteiger partial charge in [0.25, 0.3) is 0 Å². The maximum Gasteiger partial charge on any atom is 0.339 e. The lowest BCUT2D eigenvalue weighted by molar-refractivity contribution is 0.00716. The van der Waals surface area contributed by atoms with Crippen LogP contribution in [0, 0.1) is 0 Å². The number of carbonyl (C=O) groups is 2. The smallest absolute Gasteiger partial charge is 0.339 e. The molecule has 0 radical (unpaired) electrons. The van der Waals surface area contributed by atoms with Gasteiger partial charge in [-0.3, -0.25) is 0 Å². The molecule has 0 saturated heterocycles. The van der Waals surface area contributed by atoms with Gasteiger partial charge in [0.2, 0.25) is 0 Å². The average molecular weight is 497 g/mol. The molecule has 0 aliphatic carbocycles. The van der Waals surface area contributed by atoms with Crippen LogP contribution >= 0.6 is 12.4 Å². The highest BCUT2D eigenvalue weighted by atomic mass is 35.5. The van der Waals surface area contributed by atoms with Crippen molar-refractivity contribution in [1.82, 2.24) is 0 Å². The zero-order valence-electron chi connectivity index (χ0n) is 20.7. The molecule has 7 heteroatoms. The van der Waals surface area contributed by atoms with Crippen molar-refractivity contribution in [3.8, 4) is 0 Å². The Labute approximate surface area is 212 Å². The van der Waals surface area contributed by atoms with E-state index >= 15 is 0 Å². The van der Waals surface area contributed by atoms with Crippen LogP contribution in [0.3, 0.4) is 0 Å². The lowest BCUT2D eigenvalue weighted by Gasteiger charge is -2.20. The van der Waals surface area contributed by atoms with E-state index in [2.05, 4.69) is 0 Å². The predicted octanol–water partition coefficient (Wildman–Crippen LogP) is 6.95. The summed E-state index contributed by atoms with van der Waals surface area (Å²) in [4.78, 5) is 23.0. The summed E-state index contributed by atoms with van der Waals surface area (Å²) in [6.07, 6.45) is 0. The van der Waals surface area contributed by atoms with Gasteiger partial charge in [0.05, 0.1) is 11.1 Å². The van der Waals surface area contributed by atoms with E-state index in [9.17, 15) is 9.59 Å². The minimum Gasteiger partial charge on any atom is -0.478 e. The number of anilines is 2. The maximum absolute atomic E-state index is 12.1. The predicted molar refractivity (Wildman–Crippen MR) is 147 cm³/mol. The number of rotatable bonds is 2. The van der Waals surface area contributed by atoms with Gasteiger partial charge in [-0.15, -0.1) is 12.4 Å². The number of aromatic carboxylic acids is 1. The Morgan fingerprint density at radius 1 is 0.686 bits per heavy atom. The largest absolute Gasteiger partial charge is 0.478 e. The van der Waals surface area contributed by atoms with Crippen LogP contribution in [0.2, 0.25) is 0 Å². The molecule has 6 nitrogen and oxygen atoms in total. The lowest BCUT2D eigenvalue weighted by atomic mass is 10.0. The molecule has 0 atom stereocenters. The van der Waals surface area contributed by atoms with Crippen molar-refractivity contribution in [2.45, 2.75) is 40.2 Å². The first-order chi connectivity index (χ1) is 16.1. The number of fused-ring (bicyclic) bond motifs is 2. The van der Waals surface area contributed by atoms with E-state index < -0.39 is 11.6 Å². The Hall–Kier alpha value is -3.77. The summed E-state index contributed by atoms with van der Waals surface area (Å²) < 4.78 is 5.39. The molecule has 0 aromatic heterocycles. The minimum atomic E-state index is -0.929. The molecule has 4 rings (SSSR count). The van der Waals surface area contributed by atoms with Crippen molar-refractivity contribution < 1.29 is 19.4 Å². The quantitative estimate of drug-likeness (QED) is 0.204. The van der Waals surface area contributed by atoms with Crippen LogP contribution in [-0.2, 0) is 4.74 Å². The lowest BCUT2D eigenvalue weighted by Crippen LogP contribution is -2.24. The summed E-state index contributed by atoms with van der Waals surface area (Å²) in [6.45, 7) is 9.55. The fourth-order valence-electron chi connectivity index (χ4n) is 3.34. The highest BCUT2D eigenvalue weighted by Crippen LogP contribution is 2.26. The van der Waals surface area contributed by atoms with Crippen LogP contribution in [0.25, 0.3) is 21.5 Å². The Bertz CT molecular complexity index is 1310. The van der Waals surface area contributed by atoms with Crippen molar-refractivity contribution in [2.24, 2.45) is 0 Å². The number of benzene rings is 4. The Morgan fingerprint density at radius 3 is 1.46 bits per heavy atom. The second kappa shape index (κ2) is 12.6. The molecule has 0 fully saturated rings. The van der Waals surface area contributed by atoms with Crippen molar-refractivity contribution in [3.63, 3.8) is 0 Å². The number of hydrogen-bond acceptors (Lipinski definition) is 5. The first-order valence-corrected chi connectivity index (χ1v) is 11.1. The third kappa shape index (κ3) is 7.36. The number of halogens is 1. The van der Waals surface area contributed by atoms with Crippen molar-refractivity contribution in [2.75, 3.05) is 11.5 Å². The highest BCUT2D eigenvalue weighted by molar-refractivity contribution is 6.08. The first kappa shape index (κ1) is 29.3. The van der Waals surface area contributed by atoms with Gasteiger partial charge < -0.3 is 21.3 Å². The number of hydrogen-bond donors (Lipinski definition) is 3. The van der Waals surface area contributed by atoms with Crippen LogP contribution in [0.15, 0.2) is 72.8 Å². The Kier molecular flexibility index (Phi) is 10.6. The van der Waals surface area contributed by atoms with Crippen LogP contribution < -0.4 is 11.5 Å². The second-order valence-corrected chi connectivity index (χ2v) is 8.30. The monoisotopic (exact) mass is 496 g/mol. The van der Waals surface area contributed by atoms with E-state index in [-0.39, 0.29) is 23.9 Å². The molecule has 0 aliphatic rings. The van der Waals surface area contributed by atoms with Crippen molar-refractivity contribution in [1.29, 1.82) is 0 Å². The van der Waals surface area contributed by atoms with E-state index in [1.165, 1.54) is 6.07 Å². The second-order valence-electron chi connectivity index (χ2n) is 8.30. The molecule has 0 spiro atoms. The van der Waals surface area contributed by atoms with Crippen LogP contribution in [0.5, 0.6) is 0 Å². The van der Waals surface area contributed by atoms with E-state index in [4.69, 9.17) is 21.3 Å². The van der Waals surface area contributed by atoms with Gasteiger partial charge in [-0.05, 0) is 55.8 Å². The van der Waals surface area contributed by atoms with E-state index in [0.29, 0.717) is 22.3 Å². The SMILES string of the molecule is CC.CC(C)(C)OC(=O)c1ccc(N)c2ccccc12.Cl.Nc1ccc(C(=O)O)c2ccccc12. The third-order valence-corrected chi connectivity index (χ3v) is 4.76. The highest BCUT2D eigenvalue weighted by Gasteiger charge is 2.19. The fourth-order valence-corrected chi connectivity index (χ4v) is 3.34. The first-order valence-electron chi connectivity index (χ1n) is 11.1. The van der Waals surface area contributed by atoms with Gasteiger partial charge >= 0.3 is 11.9 Å². The molecule has 0 unspecified atom stereocenters. The number of nitrogen functional groups attached to an aromatic ring is 2. The van der Waals surface area contributed by atoms with E-state index in [0.717, 1.165) is 16.2 Å². The number of nitrogens with two attached hydrogens (primary N) is 2. The fraction of sp³-hybridized carbons (Fsp3) is 0.214.